The van der Waals surface area contributed by atoms with E-state index in [1.165, 1.54) is 16.8 Å². The summed E-state index contributed by atoms with van der Waals surface area (Å²) in [6.45, 7) is 2.73. The second-order valence-corrected chi connectivity index (χ2v) is 7.75. The van der Waals surface area contributed by atoms with E-state index < -0.39 is 0 Å². The molecule has 29 heavy (non-hydrogen) atoms. The fourth-order valence-electron chi connectivity index (χ4n) is 4.06. The highest BCUT2D eigenvalue weighted by Crippen LogP contribution is 2.33. The van der Waals surface area contributed by atoms with E-state index in [1.54, 1.807) is 6.20 Å². The molecule has 3 heterocycles. The van der Waals surface area contributed by atoms with Crippen molar-refractivity contribution >= 4 is 5.91 Å². The summed E-state index contributed by atoms with van der Waals surface area (Å²) < 4.78 is 0. The van der Waals surface area contributed by atoms with Gasteiger partial charge in [0.05, 0.1) is 12.7 Å². The molecular weight excluding hydrogens is 362 g/mol. The second kappa shape index (κ2) is 9.01. The van der Waals surface area contributed by atoms with Crippen molar-refractivity contribution in [2.75, 3.05) is 26.7 Å². The third-order valence-corrected chi connectivity index (χ3v) is 5.59. The minimum atomic E-state index is 0.197. The molecule has 2 aromatic heterocycles. The molecule has 0 aliphatic carbocycles. The van der Waals surface area contributed by atoms with Crippen LogP contribution >= 0.6 is 0 Å². The lowest BCUT2D eigenvalue weighted by molar-refractivity contribution is -0.133. The third-order valence-electron chi connectivity index (χ3n) is 5.59. The number of amides is 1. The number of rotatable bonds is 6. The number of piperidine rings is 1. The SMILES string of the molecule is CN(CC(=O)N1CCC(c2[nH]ncc2-c2ccccc2)CC1)Cc1cccnc1. The van der Waals surface area contributed by atoms with Crippen molar-refractivity contribution in [3.63, 3.8) is 0 Å². The molecule has 1 N–H and O–H groups in total. The zero-order valence-corrected chi connectivity index (χ0v) is 16.8. The standard InChI is InChI=1S/C23H27N5O/c1-27(16-18-6-5-11-24-14-18)17-22(29)28-12-9-20(10-13-28)23-21(15-25-26-23)19-7-3-2-4-8-19/h2-8,11,14-15,20H,9-10,12-13,16-17H2,1H3,(H,25,26). The van der Waals surface area contributed by atoms with Crippen molar-refractivity contribution in [2.24, 2.45) is 0 Å². The molecule has 1 fully saturated rings. The quantitative estimate of drug-likeness (QED) is 0.702. The summed E-state index contributed by atoms with van der Waals surface area (Å²) in [6, 6.07) is 14.3. The van der Waals surface area contributed by atoms with Crippen LogP contribution in [0, 0.1) is 0 Å². The van der Waals surface area contributed by atoms with Gasteiger partial charge in [0.25, 0.3) is 0 Å². The molecule has 0 unspecified atom stereocenters. The van der Waals surface area contributed by atoms with E-state index >= 15 is 0 Å². The number of aromatic amines is 1. The first-order valence-electron chi connectivity index (χ1n) is 10.1. The Morgan fingerprint density at radius 3 is 2.66 bits per heavy atom. The van der Waals surface area contributed by atoms with Crippen molar-refractivity contribution in [2.45, 2.75) is 25.3 Å². The van der Waals surface area contributed by atoms with Crippen molar-refractivity contribution in [3.05, 3.63) is 72.3 Å². The Morgan fingerprint density at radius 2 is 1.93 bits per heavy atom. The molecule has 0 spiro atoms. The topological polar surface area (TPSA) is 65.1 Å². The first-order chi connectivity index (χ1) is 14.2. The van der Waals surface area contributed by atoms with Crippen LogP contribution in [0.4, 0.5) is 0 Å². The molecule has 6 heteroatoms. The predicted octanol–water partition coefficient (Wildman–Crippen LogP) is 3.31. The molecule has 0 radical (unpaired) electrons. The average molecular weight is 390 g/mol. The van der Waals surface area contributed by atoms with Crippen molar-refractivity contribution < 1.29 is 4.79 Å². The van der Waals surface area contributed by atoms with E-state index in [0.717, 1.165) is 38.0 Å². The van der Waals surface area contributed by atoms with Gasteiger partial charge < -0.3 is 4.90 Å². The maximum Gasteiger partial charge on any atom is 0.236 e. The highest BCUT2D eigenvalue weighted by molar-refractivity contribution is 5.78. The number of likely N-dealkylation sites (N-methyl/N-ethyl adjacent to an activating group) is 1. The van der Waals surface area contributed by atoms with Crippen molar-refractivity contribution in [1.29, 1.82) is 0 Å². The second-order valence-electron chi connectivity index (χ2n) is 7.75. The van der Waals surface area contributed by atoms with Gasteiger partial charge in [-0.25, -0.2) is 0 Å². The van der Waals surface area contributed by atoms with Crippen LogP contribution in [-0.2, 0) is 11.3 Å². The molecule has 1 aliphatic rings. The Labute approximate surface area is 171 Å². The number of pyridine rings is 1. The number of likely N-dealkylation sites (tertiary alicyclic amines) is 1. The Kier molecular flexibility index (Phi) is 6.00. The van der Waals surface area contributed by atoms with Crippen molar-refractivity contribution in [1.82, 2.24) is 25.0 Å². The van der Waals surface area contributed by atoms with Crippen LogP contribution in [0.3, 0.4) is 0 Å². The highest BCUT2D eigenvalue weighted by atomic mass is 16.2. The summed E-state index contributed by atoms with van der Waals surface area (Å²) in [5.41, 5.74) is 4.67. The van der Waals surface area contributed by atoms with Crippen LogP contribution in [0.15, 0.2) is 61.1 Å². The molecule has 3 aromatic rings. The Balaban J connectivity index is 1.32. The fourth-order valence-corrected chi connectivity index (χ4v) is 4.06. The zero-order chi connectivity index (χ0) is 20.1. The summed E-state index contributed by atoms with van der Waals surface area (Å²) in [7, 11) is 1.98. The number of aromatic nitrogens is 3. The normalized spacial score (nSPS) is 15.0. The number of carbonyl (C=O) groups is 1. The smallest absolute Gasteiger partial charge is 0.236 e. The van der Waals surface area contributed by atoms with Gasteiger partial charge in [-0.05, 0) is 37.1 Å². The zero-order valence-electron chi connectivity index (χ0n) is 16.8. The summed E-state index contributed by atoms with van der Waals surface area (Å²) in [6.07, 6.45) is 7.44. The predicted molar refractivity (Wildman–Crippen MR) is 113 cm³/mol. The van der Waals surface area contributed by atoms with E-state index in [-0.39, 0.29) is 5.91 Å². The molecule has 6 nitrogen and oxygen atoms in total. The molecule has 0 saturated carbocycles. The highest BCUT2D eigenvalue weighted by Gasteiger charge is 2.27. The lowest BCUT2D eigenvalue weighted by atomic mass is 9.89. The summed E-state index contributed by atoms with van der Waals surface area (Å²) in [4.78, 5) is 20.9. The van der Waals surface area contributed by atoms with Gasteiger partial charge in [0.2, 0.25) is 5.91 Å². The Hall–Kier alpha value is -2.99. The Morgan fingerprint density at radius 1 is 1.14 bits per heavy atom. The van der Waals surface area contributed by atoms with Gasteiger partial charge in [-0.15, -0.1) is 0 Å². The molecule has 1 aromatic carbocycles. The van der Waals surface area contributed by atoms with Gasteiger partial charge in [0, 0.05) is 49.2 Å². The van der Waals surface area contributed by atoms with Gasteiger partial charge >= 0.3 is 0 Å². The Bertz CT molecular complexity index is 917. The van der Waals surface area contributed by atoms with Gasteiger partial charge in [-0.3, -0.25) is 19.8 Å². The van der Waals surface area contributed by atoms with E-state index in [1.807, 2.05) is 47.4 Å². The van der Waals surface area contributed by atoms with Crippen molar-refractivity contribution in [3.8, 4) is 11.1 Å². The summed E-state index contributed by atoms with van der Waals surface area (Å²) >= 11 is 0. The van der Waals surface area contributed by atoms with Gasteiger partial charge in [-0.2, -0.15) is 5.10 Å². The van der Waals surface area contributed by atoms with E-state index in [9.17, 15) is 4.79 Å². The fraction of sp³-hybridized carbons (Fsp3) is 0.348. The van der Waals surface area contributed by atoms with Gasteiger partial charge in [0.1, 0.15) is 0 Å². The largest absolute Gasteiger partial charge is 0.342 e. The molecule has 0 bridgehead atoms. The average Bonchev–Trinajstić information content (AvgIpc) is 3.25. The molecule has 150 valence electrons. The molecule has 1 saturated heterocycles. The lowest BCUT2D eigenvalue weighted by Crippen LogP contribution is -2.43. The van der Waals surface area contributed by atoms with E-state index in [2.05, 4.69) is 39.4 Å². The monoisotopic (exact) mass is 389 g/mol. The minimum absolute atomic E-state index is 0.197. The van der Waals surface area contributed by atoms with Gasteiger partial charge in [0.15, 0.2) is 0 Å². The van der Waals surface area contributed by atoms with Crippen LogP contribution in [-0.4, -0.2) is 57.6 Å². The molecule has 1 aliphatic heterocycles. The maximum atomic E-state index is 12.7. The lowest BCUT2D eigenvalue weighted by Gasteiger charge is -2.33. The number of benzene rings is 1. The first-order valence-corrected chi connectivity index (χ1v) is 10.1. The summed E-state index contributed by atoms with van der Waals surface area (Å²) in [5, 5.41) is 7.50. The number of carbonyl (C=O) groups excluding carboxylic acids is 1. The third kappa shape index (κ3) is 4.71. The number of nitrogens with one attached hydrogen (secondary N) is 1. The van der Waals surface area contributed by atoms with Gasteiger partial charge in [-0.1, -0.05) is 36.4 Å². The minimum Gasteiger partial charge on any atom is -0.342 e. The number of hydrogen-bond acceptors (Lipinski definition) is 4. The molecule has 1 amide bonds. The number of nitrogens with zero attached hydrogens (tertiary/aromatic N) is 4. The van der Waals surface area contributed by atoms with Crippen LogP contribution < -0.4 is 0 Å². The van der Waals surface area contributed by atoms with Crippen LogP contribution in [0.5, 0.6) is 0 Å². The van der Waals surface area contributed by atoms with E-state index in [0.29, 0.717) is 12.5 Å². The maximum absolute atomic E-state index is 12.7. The molecular formula is C23H27N5O. The number of hydrogen-bond donors (Lipinski definition) is 1. The molecule has 0 atom stereocenters. The van der Waals surface area contributed by atoms with E-state index in [4.69, 9.17) is 0 Å². The van der Waals surface area contributed by atoms with Crippen LogP contribution in [0.2, 0.25) is 0 Å². The first kappa shape index (κ1) is 19.3. The van der Waals surface area contributed by atoms with Crippen LogP contribution in [0.1, 0.15) is 30.0 Å². The molecule has 4 rings (SSSR count). The number of H-pyrrole nitrogens is 1. The van der Waals surface area contributed by atoms with Crippen LogP contribution in [0.25, 0.3) is 11.1 Å². The summed E-state index contributed by atoms with van der Waals surface area (Å²) in [5.74, 6) is 0.604.